The molecular weight excluding hydrogens is 265 g/mol. The van der Waals surface area contributed by atoms with Crippen LogP contribution in [0.4, 0.5) is 0 Å². The molecule has 1 saturated heterocycles. The van der Waals surface area contributed by atoms with Crippen LogP contribution in [0.2, 0.25) is 0 Å². The Kier molecular flexibility index (Phi) is 7.21. The van der Waals surface area contributed by atoms with Crippen LogP contribution in [0.25, 0.3) is 0 Å². The monoisotopic (exact) mass is 279 g/mol. The molecule has 0 aromatic carbocycles. The van der Waals surface area contributed by atoms with Crippen LogP contribution in [0.1, 0.15) is 0 Å². The minimum Gasteiger partial charge on any atom is -0.772 e. The summed E-state index contributed by atoms with van der Waals surface area (Å²) < 4.78 is 51.2. The van der Waals surface area contributed by atoms with Crippen molar-refractivity contribution in [3.63, 3.8) is 0 Å². The van der Waals surface area contributed by atoms with Gasteiger partial charge in [0.05, 0.1) is 5.75 Å². The van der Waals surface area contributed by atoms with Gasteiger partial charge in [0.25, 0.3) is 10.1 Å². The van der Waals surface area contributed by atoms with Crippen LogP contribution in [0.5, 0.6) is 0 Å². The number of likely N-dealkylation sites (tertiary alicyclic amines) is 1. The van der Waals surface area contributed by atoms with Gasteiger partial charge >= 0.3 is 29.6 Å². The Morgan fingerprint density at radius 3 is 2.38 bits per heavy atom. The molecule has 0 spiro atoms. The molecule has 0 radical (unpaired) electrons. The van der Waals surface area contributed by atoms with Gasteiger partial charge in [0.1, 0.15) is 0 Å². The van der Waals surface area contributed by atoms with E-state index >= 15 is 0 Å². The summed E-state index contributed by atoms with van der Waals surface area (Å²) in [6.45, 7) is 1.05. The first-order chi connectivity index (χ1) is 6.78. The molecule has 1 aliphatic heterocycles. The van der Waals surface area contributed by atoms with Gasteiger partial charge in [-0.05, 0) is 18.9 Å². The van der Waals surface area contributed by atoms with E-state index in [1.807, 2.05) is 4.90 Å². The SMILES string of the molecule is CN1CC(CS(=O)[O-])C(CS(=O)(=O)O)C1.[Na+]. The Labute approximate surface area is 120 Å². The van der Waals surface area contributed by atoms with Gasteiger partial charge in [-0.2, -0.15) is 8.42 Å². The Balaban J connectivity index is 0.00000225. The van der Waals surface area contributed by atoms with Gasteiger partial charge in [-0.15, -0.1) is 0 Å². The van der Waals surface area contributed by atoms with Crippen molar-refractivity contribution in [1.82, 2.24) is 4.90 Å². The summed E-state index contributed by atoms with van der Waals surface area (Å²) in [6.07, 6.45) is 0. The van der Waals surface area contributed by atoms with Crippen molar-refractivity contribution >= 4 is 21.2 Å². The van der Waals surface area contributed by atoms with Crippen molar-refractivity contribution in [1.29, 1.82) is 0 Å². The van der Waals surface area contributed by atoms with Gasteiger partial charge in [0.15, 0.2) is 0 Å². The maximum absolute atomic E-state index is 10.7. The Morgan fingerprint density at radius 2 is 1.94 bits per heavy atom. The second kappa shape index (κ2) is 6.79. The standard InChI is InChI=1S/C7H15NO5S2.Na/c1-8-2-6(4-14(9)10)7(3-8)5-15(11,12)13;/h6-7H,2-5H2,1H3,(H,9,10)(H,11,12,13);/q;+1/p-1. The first-order valence-corrected chi connectivity index (χ1v) is 7.33. The van der Waals surface area contributed by atoms with Crippen LogP contribution in [0, 0.1) is 11.8 Å². The van der Waals surface area contributed by atoms with E-state index in [0.717, 1.165) is 0 Å². The van der Waals surface area contributed by atoms with E-state index in [-0.39, 0.29) is 52.9 Å². The third kappa shape index (κ3) is 6.06. The fourth-order valence-electron chi connectivity index (χ4n) is 2.00. The van der Waals surface area contributed by atoms with Crippen molar-refractivity contribution in [2.24, 2.45) is 11.8 Å². The van der Waals surface area contributed by atoms with Gasteiger partial charge in [-0.3, -0.25) is 8.76 Å². The molecule has 1 heterocycles. The predicted octanol–water partition coefficient (Wildman–Crippen LogP) is -4.06. The molecule has 6 nitrogen and oxygen atoms in total. The van der Waals surface area contributed by atoms with Crippen molar-refractivity contribution in [2.75, 3.05) is 31.6 Å². The van der Waals surface area contributed by atoms with E-state index in [0.29, 0.717) is 13.1 Å². The van der Waals surface area contributed by atoms with Crippen LogP contribution in [-0.4, -0.2) is 58.3 Å². The summed E-state index contributed by atoms with van der Waals surface area (Å²) in [6, 6.07) is 0. The molecule has 0 saturated carbocycles. The fraction of sp³-hybridized carbons (Fsp3) is 1.00. The minimum atomic E-state index is -4.03. The van der Waals surface area contributed by atoms with E-state index < -0.39 is 21.2 Å². The Morgan fingerprint density at radius 1 is 1.44 bits per heavy atom. The molecule has 0 amide bonds. The summed E-state index contributed by atoms with van der Waals surface area (Å²) in [5.74, 6) is -0.929. The average Bonchev–Trinajstić information content (AvgIpc) is 2.25. The number of hydrogen-bond acceptors (Lipinski definition) is 5. The molecule has 90 valence electrons. The van der Waals surface area contributed by atoms with Crippen LogP contribution in [-0.2, 0) is 21.2 Å². The summed E-state index contributed by atoms with van der Waals surface area (Å²) in [5.41, 5.74) is 0. The third-order valence-electron chi connectivity index (χ3n) is 2.53. The average molecular weight is 279 g/mol. The molecule has 0 aromatic rings. The zero-order chi connectivity index (χ0) is 11.6. The quantitative estimate of drug-likeness (QED) is 0.319. The molecule has 3 atom stereocenters. The van der Waals surface area contributed by atoms with Crippen LogP contribution in [0.3, 0.4) is 0 Å². The predicted molar refractivity (Wildman–Crippen MR) is 54.7 cm³/mol. The zero-order valence-electron chi connectivity index (χ0n) is 9.33. The third-order valence-corrected chi connectivity index (χ3v) is 4.08. The summed E-state index contributed by atoms with van der Waals surface area (Å²) in [7, 11) is -2.23. The van der Waals surface area contributed by atoms with Crippen LogP contribution in [0.15, 0.2) is 0 Å². The normalized spacial score (nSPS) is 28.7. The Bertz CT molecular complexity index is 347. The minimum absolute atomic E-state index is 0. The van der Waals surface area contributed by atoms with Gasteiger partial charge in [0, 0.05) is 18.8 Å². The summed E-state index contributed by atoms with van der Waals surface area (Å²) >= 11 is -2.17. The molecule has 1 rings (SSSR count). The molecule has 1 N–H and O–H groups in total. The van der Waals surface area contributed by atoms with Crippen LogP contribution >= 0.6 is 0 Å². The van der Waals surface area contributed by atoms with Crippen molar-refractivity contribution in [2.45, 2.75) is 0 Å². The van der Waals surface area contributed by atoms with E-state index in [9.17, 15) is 17.2 Å². The molecule has 0 aliphatic carbocycles. The number of hydrogen-bond donors (Lipinski definition) is 1. The zero-order valence-corrected chi connectivity index (χ0v) is 13.0. The van der Waals surface area contributed by atoms with E-state index in [4.69, 9.17) is 4.55 Å². The smallest absolute Gasteiger partial charge is 0.772 e. The Hall–Kier alpha value is 0.980. The molecule has 9 heteroatoms. The second-order valence-electron chi connectivity index (χ2n) is 3.96. The molecular formula is C7H14NNaO5S2. The molecule has 0 aromatic heterocycles. The molecule has 1 fully saturated rings. The first kappa shape index (κ1) is 17.0. The van der Waals surface area contributed by atoms with E-state index in [1.165, 1.54) is 0 Å². The second-order valence-corrected chi connectivity index (χ2v) is 6.40. The molecule has 3 unspecified atom stereocenters. The van der Waals surface area contributed by atoms with E-state index in [1.54, 1.807) is 7.05 Å². The largest absolute Gasteiger partial charge is 1.00 e. The maximum atomic E-state index is 10.7. The topological polar surface area (TPSA) is 97.7 Å². The van der Waals surface area contributed by atoms with Gasteiger partial charge in [-0.1, -0.05) is 11.1 Å². The summed E-state index contributed by atoms with van der Waals surface area (Å²) in [4.78, 5) is 1.87. The maximum Gasteiger partial charge on any atom is 1.00 e. The summed E-state index contributed by atoms with van der Waals surface area (Å²) in [5, 5.41) is 0. The molecule has 0 bridgehead atoms. The van der Waals surface area contributed by atoms with Crippen LogP contribution < -0.4 is 29.6 Å². The number of rotatable bonds is 4. The van der Waals surface area contributed by atoms with Gasteiger partial charge in [0.2, 0.25) is 0 Å². The molecule has 16 heavy (non-hydrogen) atoms. The fourth-order valence-corrected chi connectivity index (χ4v) is 3.64. The van der Waals surface area contributed by atoms with Crippen molar-refractivity contribution in [3.05, 3.63) is 0 Å². The van der Waals surface area contributed by atoms with Crippen molar-refractivity contribution in [3.8, 4) is 0 Å². The van der Waals surface area contributed by atoms with Gasteiger partial charge in [-0.25, -0.2) is 0 Å². The van der Waals surface area contributed by atoms with E-state index in [2.05, 4.69) is 0 Å². The first-order valence-electron chi connectivity index (χ1n) is 4.47. The molecule has 1 aliphatic rings. The van der Waals surface area contributed by atoms with Gasteiger partial charge < -0.3 is 9.45 Å². The van der Waals surface area contributed by atoms with Crippen molar-refractivity contribution < 1.29 is 51.3 Å². The number of nitrogens with zero attached hydrogens (tertiary/aromatic N) is 1.